The zero-order valence-electron chi connectivity index (χ0n) is 15.2. The summed E-state index contributed by atoms with van der Waals surface area (Å²) in [5, 5.41) is 10.0. The molecule has 0 aliphatic rings. The van der Waals surface area contributed by atoms with Crippen LogP contribution in [-0.2, 0) is 16.4 Å². The number of carbonyl (C=O) groups excluding carboxylic acids is 1. The second-order valence-corrected chi connectivity index (χ2v) is 8.21. The summed E-state index contributed by atoms with van der Waals surface area (Å²) in [5.74, 6) is 0.437. The lowest BCUT2D eigenvalue weighted by Gasteiger charge is -2.05. The highest BCUT2D eigenvalue weighted by Crippen LogP contribution is 2.32. The van der Waals surface area contributed by atoms with Crippen LogP contribution >= 0.6 is 0 Å². The van der Waals surface area contributed by atoms with Crippen molar-refractivity contribution in [2.24, 2.45) is 0 Å². The van der Waals surface area contributed by atoms with Gasteiger partial charge in [-0.2, -0.15) is 0 Å². The maximum atomic E-state index is 13.1. The molecule has 3 rings (SSSR count). The van der Waals surface area contributed by atoms with Gasteiger partial charge >= 0.3 is 0 Å². The molecule has 1 aromatic heterocycles. The van der Waals surface area contributed by atoms with Crippen LogP contribution in [0.3, 0.4) is 0 Å². The van der Waals surface area contributed by atoms with Crippen molar-refractivity contribution in [2.75, 3.05) is 11.0 Å². The van der Waals surface area contributed by atoms with E-state index in [-0.39, 0.29) is 11.5 Å². The summed E-state index contributed by atoms with van der Waals surface area (Å²) in [7, 11) is -3.44. The van der Waals surface area contributed by atoms with Gasteiger partial charge in [0.25, 0.3) is 0 Å². The summed E-state index contributed by atoms with van der Waals surface area (Å²) < 4.78 is 31.4. The molecule has 0 fully saturated rings. The zero-order chi connectivity index (χ0) is 19.6. The monoisotopic (exact) mass is 387 g/mol. The number of benzene rings is 2. The van der Waals surface area contributed by atoms with Crippen molar-refractivity contribution >= 4 is 32.5 Å². The molecule has 2 aromatic carbocycles. The van der Waals surface area contributed by atoms with Crippen molar-refractivity contribution in [3.63, 3.8) is 0 Å². The van der Waals surface area contributed by atoms with Crippen molar-refractivity contribution in [2.45, 2.75) is 26.2 Å². The molecule has 0 amide bonds. The molecule has 27 heavy (non-hydrogen) atoms. The van der Waals surface area contributed by atoms with E-state index in [9.17, 15) is 18.3 Å². The van der Waals surface area contributed by atoms with Crippen LogP contribution in [0.4, 0.5) is 5.69 Å². The van der Waals surface area contributed by atoms with Crippen LogP contribution in [0, 0.1) is 0 Å². The van der Waals surface area contributed by atoms with E-state index >= 15 is 0 Å². The molecule has 0 spiro atoms. The van der Waals surface area contributed by atoms with E-state index in [2.05, 4.69) is 11.6 Å². The molecule has 0 aliphatic heterocycles. The molecule has 3 aromatic rings. The number of aryl methyl sites for hydroxylation is 1. The maximum Gasteiger partial charge on any atom is 0.229 e. The number of hydrogen-bond donors (Lipinski definition) is 2. The average molecular weight is 387 g/mol. The van der Waals surface area contributed by atoms with Crippen molar-refractivity contribution < 1.29 is 22.7 Å². The number of anilines is 1. The van der Waals surface area contributed by atoms with E-state index in [4.69, 9.17) is 4.42 Å². The normalized spacial score (nSPS) is 11.6. The number of ketones is 1. The number of furan rings is 1. The van der Waals surface area contributed by atoms with E-state index in [1.54, 1.807) is 30.3 Å². The number of carbonyl (C=O) groups is 1. The van der Waals surface area contributed by atoms with E-state index in [0.29, 0.717) is 40.0 Å². The fourth-order valence-electron chi connectivity index (χ4n) is 2.95. The van der Waals surface area contributed by atoms with Gasteiger partial charge in [0.1, 0.15) is 17.1 Å². The molecule has 1 heterocycles. The van der Waals surface area contributed by atoms with Crippen LogP contribution in [-0.4, -0.2) is 25.6 Å². The van der Waals surface area contributed by atoms with Crippen molar-refractivity contribution in [1.29, 1.82) is 0 Å². The first-order valence-corrected chi connectivity index (χ1v) is 10.5. The van der Waals surface area contributed by atoms with Crippen molar-refractivity contribution in [3.05, 3.63) is 59.4 Å². The number of rotatable bonds is 7. The molecule has 0 saturated heterocycles. The Kier molecular flexibility index (Phi) is 5.23. The minimum atomic E-state index is -3.44. The summed E-state index contributed by atoms with van der Waals surface area (Å²) in [6, 6.07) is 10.9. The van der Waals surface area contributed by atoms with Gasteiger partial charge in [-0.05, 0) is 48.9 Å². The summed E-state index contributed by atoms with van der Waals surface area (Å²) in [6.07, 6.45) is 3.50. The number of hydrogen-bond acceptors (Lipinski definition) is 5. The van der Waals surface area contributed by atoms with Crippen LogP contribution in [0.1, 0.15) is 41.4 Å². The molecule has 7 heteroatoms. The lowest BCUT2D eigenvalue weighted by atomic mass is 9.98. The molecule has 0 atom stereocenters. The van der Waals surface area contributed by atoms with Gasteiger partial charge in [0, 0.05) is 23.1 Å². The van der Waals surface area contributed by atoms with Crippen LogP contribution in [0.15, 0.2) is 46.9 Å². The van der Waals surface area contributed by atoms with E-state index in [1.165, 1.54) is 12.1 Å². The third kappa shape index (κ3) is 4.31. The number of unbranched alkanes of at least 4 members (excludes halogenated alkanes) is 1. The Morgan fingerprint density at radius 3 is 2.48 bits per heavy atom. The van der Waals surface area contributed by atoms with E-state index in [0.717, 1.165) is 19.1 Å². The molecule has 0 saturated carbocycles. The number of phenolic OH excluding ortho intramolecular Hbond substituents is 1. The molecular formula is C20H21NO5S. The number of aromatic hydroxyl groups is 1. The Bertz CT molecular complexity index is 1080. The van der Waals surface area contributed by atoms with Gasteiger partial charge in [0.05, 0.1) is 11.8 Å². The highest BCUT2D eigenvalue weighted by molar-refractivity contribution is 7.92. The minimum Gasteiger partial charge on any atom is -0.508 e. The predicted octanol–water partition coefficient (Wildman–Crippen LogP) is 4.08. The lowest BCUT2D eigenvalue weighted by molar-refractivity contribution is 0.103. The molecule has 0 unspecified atom stereocenters. The second-order valence-electron chi connectivity index (χ2n) is 6.46. The maximum absolute atomic E-state index is 13.1. The molecule has 6 nitrogen and oxygen atoms in total. The summed E-state index contributed by atoms with van der Waals surface area (Å²) >= 11 is 0. The highest BCUT2D eigenvalue weighted by atomic mass is 32.2. The largest absolute Gasteiger partial charge is 0.508 e. The Hall–Kier alpha value is -2.80. The third-order valence-corrected chi connectivity index (χ3v) is 4.78. The van der Waals surface area contributed by atoms with Crippen LogP contribution in [0.25, 0.3) is 11.0 Å². The molecule has 142 valence electrons. The van der Waals surface area contributed by atoms with Crippen LogP contribution in [0.5, 0.6) is 5.75 Å². The van der Waals surface area contributed by atoms with Gasteiger partial charge in [-0.15, -0.1) is 0 Å². The van der Waals surface area contributed by atoms with Crippen LogP contribution in [0.2, 0.25) is 0 Å². The van der Waals surface area contributed by atoms with Gasteiger partial charge in [-0.3, -0.25) is 9.52 Å². The third-order valence-electron chi connectivity index (χ3n) is 4.18. The van der Waals surface area contributed by atoms with E-state index < -0.39 is 10.0 Å². The van der Waals surface area contributed by atoms with Gasteiger partial charge in [0.15, 0.2) is 5.78 Å². The Morgan fingerprint density at radius 1 is 1.15 bits per heavy atom. The Labute approximate surface area is 157 Å². The quantitative estimate of drug-likeness (QED) is 0.595. The average Bonchev–Trinajstić information content (AvgIpc) is 2.96. The number of fused-ring (bicyclic) bond motifs is 1. The van der Waals surface area contributed by atoms with Gasteiger partial charge in [-0.25, -0.2) is 8.42 Å². The number of nitrogens with one attached hydrogen (secondary N) is 1. The molecule has 0 bridgehead atoms. The first-order valence-electron chi connectivity index (χ1n) is 8.65. The highest BCUT2D eigenvalue weighted by Gasteiger charge is 2.22. The summed E-state index contributed by atoms with van der Waals surface area (Å²) in [4.78, 5) is 13.1. The predicted molar refractivity (Wildman–Crippen MR) is 105 cm³/mol. The Morgan fingerprint density at radius 2 is 1.85 bits per heavy atom. The van der Waals surface area contributed by atoms with Gasteiger partial charge in [0.2, 0.25) is 10.0 Å². The molecule has 0 radical (unpaired) electrons. The first-order chi connectivity index (χ1) is 12.8. The Balaban J connectivity index is 2.14. The topological polar surface area (TPSA) is 96.6 Å². The van der Waals surface area contributed by atoms with Gasteiger partial charge < -0.3 is 9.52 Å². The fourth-order valence-corrected chi connectivity index (χ4v) is 3.50. The van der Waals surface area contributed by atoms with Crippen LogP contribution < -0.4 is 4.72 Å². The second kappa shape index (κ2) is 7.44. The lowest BCUT2D eigenvalue weighted by Crippen LogP contribution is -2.09. The van der Waals surface area contributed by atoms with E-state index in [1.807, 2.05) is 0 Å². The molecular weight excluding hydrogens is 366 g/mol. The van der Waals surface area contributed by atoms with Gasteiger partial charge in [-0.1, -0.05) is 13.3 Å². The zero-order valence-corrected chi connectivity index (χ0v) is 16.0. The van der Waals surface area contributed by atoms with Crippen molar-refractivity contribution in [3.8, 4) is 5.75 Å². The number of phenols is 1. The summed E-state index contributed by atoms with van der Waals surface area (Å²) in [5.41, 5.74) is 1.76. The standard InChI is InChI=1S/C20H21NO5S/c1-3-4-5-18-19(20(23)13-6-9-15(22)10-7-13)16-12-14(21-27(2,24)25)8-11-17(16)26-18/h6-12,21-22H,3-5H2,1-2H3. The fraction of sp³-hybridized carbons (Fsp3) is 0.250. The van der Waals surface area contributed by atoms with Crippen molar-refractivity contribution in [1.82, 2.24) is 0 Å². The summed E-state index contributed by atoms with van der Waals surface area (Å²) in [6.45, 7) is 2.05. The first kappa shape index (κ1) is 19.0. The SMILES string of the molecule is CCCCc1oc2ccc(NS(C)(=O)=O)cc2c1C(=O)c1ccc(O)cc1. The number of sulfonamides is 1. The smallest absolute Gasteiger partial charge is 0.229 e. The molecule has 2 N–H and O–H groups in total. The minimum absolute atomic E-state index is 0.0782. The molecule has 0 aliphatic carbocycles.